The van der Waals surface area contributed by atoms with Crippen LogP contribution in [0.2, 0.25) is 0 Å². The normalized spacial score (nSPS) is 14.1. The summed E-state index contributed by atoms with van der Waals surface area (Å²) in [5.41, 5.74) is 2.05. The van der Waals surface area contributed by atoms with Gasteiger partial charge in [0.25, 0.3) is 0 Å². The monoisotopic (exact) mass is 243 g/mol. The minimum atomic E-state index is 0.545. The van der Waals surface area contributed by atoms with Crippen molar-refractivity contribution < 1.29 is 4.74 Å². The van der Waals surface area contributed by atoms with E-state index in [0.29, 0.717) is 24.9 Å². The predicted molar refractivity (Wildman–Crippen MR) is 66.0 cm³/mol. The van der Waals surface area contributed by atoms with Gasteiger partial charge in [0.05, 0.1) is 18.9 Å². The molecule has 1 aliphatic heterocycles. The van der Waals surface area contributed by atoms with E-state index in [4.69, 9.17) is 4.74 Å². The molecule has 0 aromatic carbocycles. The molecule has 2 aromatic heterocycles. The van der Waals surface area contributed by atoms with Gasteiger partial charge in [-0.05, 0) is 6.07 Å². The highest BCUT2D eigenvalue weighted by Gasteiger charge is 2.18. The van der Waals surface area contributed by atoms with E-state index in [1.807, 2.05) is 7.05 Å². The van der Waals surface area contributed by atoms with Gasteiger partial charge in [-0.25, -0.2) is 19.9 Å². The first kappa shape index (κ1) is 11.0. The van der Waals surface area contributed by atoms with Crippen molar-refractivity contribution in [2.24, 2.45) is 0 Å². The van der Waals surface area contributed by atoms with Gasteiger partial charge in [-0.3, -0.25) is 0 Å². The third-order valence-corrected chi connectivity index (χ3v) is 2.82. The zero-order valence-corrected chi connectivity index (χ0v) is 10.1. The average molecular weight is 243 g/mol. The molecule has 0 spiro atoms. The number of aromatic nitrogens is 4. The van der Waals surface area contributed by atoms with Crippen LogP contribution in [0.15, 0.2) is 18.5 Å². The highest BCUT2D eigenvalue weighted by molar-refractivity contribution is 5.54. The van der Waals surface area contributed by atoms with E-state index in [2.05, 4.69) is 25.3 Å². The molecule has 92 valence electrons. The van der Waals surface area contributed by atoms with Gasteiger partial charge in [0, 0.05) is 31.4 Å². The Labute approximate surface area is 104 Å². The van der Waals surface area contributed by atoms with Gasteiger partial charge in [-0.15, -0.1) is 0 Å². The molecule has 3 rings (SSSR count). The van der Waals surface area contributed by atoms with Crippen molar-refractivity contribution in [3.8, 4) is 11.6 Å². The lowest BCUT2D eigenvalue weighted by molar-refractivity contribution is 0.109. The quantitative estimate of drug-likeness (QED) is 0.849. The lowest BCUT2D eigenvalue weighted by Gasteiger charge is -2.18. The van der Waals surface area contributed by atoms with Crippen molar-refractivity contribution in [1.29, 1.82) is 0 Å². The Morgan fingerprint density at radius 1 is 1.17 bits per heavy atom. The Morgan fingerprint density at radius 3 is 2.78 bits per heavy atom. The van der Waals surface area contributed by atoms with Crippen LogP contribution in [0.3, 0.4) is 0 Å². The Bertz CT molecular complexity index is 541. The number of nitrogens with one attached hydrogen (secondary N) is 1. The van der Waals surface area contributed by atoms with Gasteiger partial charge in [0.2, 0.25) is 0 Å². The first-order chi connectivity index (χ1) is 8.88. The molecule has 1 N–H and O–H groups in total. The van der Waals surface area contributed by atoms with Crippen LogP contribution < -0.4 is 5.32 Å². The molecule has 0 aliphatic carbocycles. The van der Waals surface area contributed by atoms with Gasteiger partial charge in [0.15, 0.2) is 11.6 Å². The maximum atomic E-state index is 5.43. The lowest BCUT2D eigenvalue weighted by atomic mass is 10.1. The molecule has 0 amide bonds. The van der Waals surface area contributed by atoms with Crippen LogP contribution in [0.25, 0.3) is 11.6 Å². The Hall–Kier alpha value is -2.08. The van der Waals surface area contributed by atoms with Gasteiger partial charge < -0.3 is 10.1 Å². The summed E-state index contributed by atoms with van der Waals surface area (Å²) in [7, 11) is 1.84. The van der Waals surface area contributed by atoms with Gasteiger partial charge in [0.1, 0.15) is 5.82 Å². The Kier molecular flexibility index (Phi) is 2.85. The standard InChI is InChI=1S/C12H13N5O/c1-13-10-8-7-18-6-3-9(8)16-12(17-10)11-14-4-2-5-15-11/h2,4-5H,3,6-7H2,1H3,(H,13,16,17). The number of fused-ring (bicyclic) bond motifs is 1. The molecule has 0 fully saturated rings. The van der Waals surface area contributed by atoms with Crippen molar-refractivity contribution >= 4 is 5.82 Å². The van der Waals surface area contributed by atoms with Crippen molar-refractivity contribution in [1.82, 2.24) is 19.9 Å². The zero-order chi connectivity index (χ0) is 12.4. The molecular formula is C12H13N5O. The van der Waals surface area contributed by atoms with E-state index >= 15 is 0 Å². The Morgan fingerprint density at radius 2 is 2.00 bits per heavy atom. The summed E-state index contributed by atoms with van der Waals surface area (Å²) in [5.74, 6) is 1.89. The molecule has 3 heterocycles. The smallest absolute Gasteiger partial charge is 0.199 e. The number of hydrogen-bond donors (Lipinski definition) is 1. The number of nitrogens with zero attached hydrogens (tertiary/aromatic N) is 4. The summed E-state index contributed by atoms with van der Waals surface area (Å²) in [6, 6.07) is 1.77. The van der Waals surface area contributed by atoms with Crippen LogP contribution in [-0.2, 0) is 17.8 Å². The molecule has 6 heteroatoms. The highest BCUT2D eigenvalue weighted by atomic mass is 16.5. The lowest BCUT2D eigenvalue weighted by Crippen LogP contribution is -2.16. The third kappa shape index (κ3) is 1.91. The van der Waals surface area contributed by atoms with Crippen molar-refractivity contribution in [3.63, 3.8) is 0 Å². The van der Waals surface area contributed by atoms with Crippen LogP contribution >= 0.6 is 0 Å². The van der Waals surface area contributed by atoms with Crippen molar-refractivity contribution in [2.75, 3.05) is 19.0 Å². The van der Waals surface area contributed by atoms with Gasteiger partial charge in [-0.1, -0.05) is 0 Å². The summed E-state index contributed by atoms with van der Waals surface area (Å²) >= 11 is 0. The molecule has 0 bridgehead atoms. The van der Waals surface area contributed by atoms with Crippen LogP contribution in [0.5, 0.6) is 0 Å². The second-order valence-corrected chi connectivity index (χ2v) is 3.95. The summed E-state index contributed by atoms with van der Waals surface area (Å²) in [4.78, 5) is 17.3. The SMILES string of the molecule is CNc1nc(-c2ncccn2)nc2c1COCC2. The minimum absolute atomic E-state index is 0.545. The number of anilines is 1. The largest absolute Gasteiger partial charge is 0.376 e. The van der Waals surface area contributed by atoms with E-state index in [1.54, 1.807) is 18.5 Å². The first-order valence-corrected chi connectivity index (χ1v) is 5.81. The highest BCUT2D eigenvalue weighted by Crippen LogP contribution is 2.24. The number of hydrogen-bond acceptors (Lipinski definition) is 6. The fourth-order valence-electron chi connectivity index (χ4n) is 1.95. The molecule has 18 heavy (non-hydrogen) atoms. The van der Waals surface area contributed by atoms with E-state index < -0.39 is 0 Å². The fraction of sp³-hybridized carbons (Fsp3) is 0.333. The van der Waals surface area contributed by atoms with Crippen LogP contribution in [0.4, 0.5) is 5.82 Å². The maximum absolute atomic E-state index is 5.43. The molecule has 0 radical (unpaired) electrons. The predicted octanol–water partition coefficient (Wildman–Crippen LogP) is 1.05. The van der Waals surface area contributed by atoms with E-state index in [-0.39, 0.29) is 0 Å². The minimum Gasteiger partial charge on any atom is -0.376 e. The molecule has 0 unspecified atom stereocenters. The van der Waals surface area contributed by atoms with Crippen molar-refractivity contribution in [3.05, 3.63) is 29.7 Å². The summed E-state index contributed by atoms with van der Waals surface area (Å²) in [6.07, 6.45) is 4.17. The van der Waals surface area contributed by atoms with Crippen LogP contribution in [-0.4, -0.2) is 33.6 Å². The maximum Gasteiger partial charge on any atom is 0.199 e. The molecule has 1 aliphatic rings. The molecule has 2 aromatic rings. The van der Waals surface area contributed by atoms with E-state index in [9.17, 15) is 0 Å². The number of rotatable bonds is 2. The summed E-state index contributed by atoms with van der Waals surface area (Å²) < 4.78 is 5.43. The summed E-state index contributed by atoms with van der Waals surface area (Å²) in [6.45, 7) is 1.25. The summed E-state index contributed by atoms with van der Waals surface area (Å²) in [5, 5.41) is 3.08. The zero-order valence-electron chi connectivity index (χ0n) is 10.1. The molecule has 0 atom stereocenters. The van der Waals surface area contributed by atoms with Crippen LogP contribution in [0.1, 0.15) is 11.3 Å². The number of ether oxygens (including phenoxy) is 1. The molecule has 6 nitrogen and oxygen atoms in total. The Balaban J connectivity index is 2.12. The molecule has 0 saturated carbocycles. The third-order valence-electron chi connectivity index (χ3n) is 2.82. The molecule has 0 saturated heterocycles. The van der Waals surface area contributed by atoms with Gasteiger partial charge >= 0.3 is 0 Å². The second kappa shape index (κ2) is 4.66. The van der Waals surface area contributed by atoms with Crippen LogP contribution in [0, 0.1) is 0 Å². The van der Waals surface area contributed by atoms with E-state index in [0.717, 1.165) is 23.5 Å². The fourth-order valence-corrected chi connectivity index (χ4v) is 1.95. The second-order valence-electron chi connectivity index (χ2n) is 3.95. The van der Waals surface area contributed by atoms with Gasteiger partial charge in [-0.2, -0.15) is 0 Å². The average Bonchev–Trinajstić information content (AvgIpc) is 2.47. The first-order valence-electron chi connectivity index (χ1n) is 5.81. The molecular weight excluding hydrogens is 230 g/mol. The van der Waals surface area contributed by atoms with E-state index in [1.165, 1.54) is 0 Å². The topological polar surface area (TPSA) is 72.8 Å². The van der Waals surface area contributed by atoms with Crippen molar-refractivity contribution in [2.45, 2.75) is 13.0 Å².